The van der Waals surface area contributed by atoms with E-state index in [-0.39, 0.29) is 36.4 Å². The summed E-state index contributed by atoms with van der Waals surface area (Å²) in [5.74, 6) is 0.407. The van der Waals surface area contributed by atoms with E-state index in [2.05, 4.69) is 45.6 Å². The summed E-state index contributed by atoms with van der Waals surface area (Å²) in [5, 5.41) is 7.44. The van der Waals surface area contributed by atoms with Crippen molar-refractivity contribution < 1.29 is 4.79 Å². The van der Waals surface area contributed by atoms with Gasteiger partial charge in [-0.05, 0) is 44.1 Å². The highest BCUT2D eigenvalue weighted by atomic mass is 35.5. The molecule has 3 aliphatic rings. The highest BCUT2D eigenvalue weighted by Gasteiger charge is 2.43. The lowest BCUT2D eigenvalue weighted by atomic mass is 9.88. The maximum atomic E-state index is 12.9. The van der Waals surface area contributed by atoms with Gasteiger partial charge >= 0.3 is 0 Å². The molecule has 5 atom stereocenters. The predicted octanol–water partition coefficient (Wildman–Crippen LogP) is 1.08. The van der Waals surface area contributed by atoms with Crippen molar-refractivity contribution in [1.82, 2.24) is 26.4 Å². The van der Waals surface area contributed by atoms with Crippen LogP contribution in [0.25, 0.3) is 0 Å². The Hall–Kier alpha value is -0.890. The third-order valence-corrected chi connectivity index (χ3v) is 6.10. The average molecular weight is 400 g/mol. The molecule has 0 spiro atoms. The third kappa shape index (κ3) is 3.86. The smallest absolute Gasteiger partial charge is 0.239 e. The van der Waals surface area contributed by atoms with Gasteiger partial charge in [-0.25, -0.2) is 5.43 Å². The predicted molar refractivity (Wildman–Crippen MR) is 105 cm³/mol. The van der Waals surface area contributed by atoms with Crippen LogP contribution in [0.1, 0.15) is 24.4 Å². The van der Waals surface area contributed by atoms with Gasteiger partial charge in [0.25, 0.3) is 0 Å². The Morgan fingerprint density at radius 2 is 2.00 bits per heavy atom. The summed E-state index contributed by atoms with van der Waals surface area (Å²) in [7, 11) is 2.11. The highest BCUT2D eigenvalue weighted by molar-refractivity contribution is 6.30. The van der Waals surface area contributed by atoms with Gasteiger partial charge in [0.15, 0.2) is 0 Å². The fourth-order valence-electron chi connectivity index (χ4n) is 4.49. The van der Waals surface area contributed by atoms with Gasteiger partial charge in [0.05, 0.1) is 6.04 Å². The zero-order valence-electron chi connectivity index (χ0n) is 14.9. The molecule has 3 heterocycles. The summed E-state index contributed by atoms with van der Waals surface area (Å²) in [6, 6.07) is 8.48. The van der Waals surface area contributed by atoms with E-state index in [4.69, 9.17) is 11.6 Å². The standard InChI is InChI=1S/C18H26ClN5O.ClH/c1-24-9-7-15(17(24)11-2-4-12(19)5-3-11)21-18(25)16-13-10-20-8-6-14(13)22-23-16;/h2-5,13-17,20,22-23H,6-10H2,1H3,(H,21,25);1H. The van der Waals surface area contributed by atoms with E-state index in [9.17, 15) is 4.79 Å². The second-order valence-corrected chi connectivity index (χ2v) is 7.85. The van der Waals surface area contributed by atoms with Crippen LogP contribution in [0.4, 0.5) is 0 Å². The van der Waals surface area contributed by atoms with Gasteiger partial charge in [-0.2, -0.15) is 0 Å². The van der Waals surface area contributed by atoms with Crippen LogP contribution in [-0.4, -0.2) is 55.6 Å². The van der Waals surface area contributed by atoms with Crippen LogP contribution in [0.2, 0.25) is 5.02 Å². The SMILES string of the molecule is CN1CCC(NC(=O)C2NNC3CCNCC32)C1c1ccc(Cl)cc1.Cl. The third-order valence-electron chi connectivity index (χ3n) is 5.85. The minimum Gasteiger partial charge on any atom is -0.350 e. The molecule has 1 amide bonds. The van der Waals surface area contributed by atoms with Crippen molar-refractivity contribution in [3.63, 3.8) is 0 Å². The van der Waals surface area contributed by atoms with E-state index in [0.717, 1.165) is 37.5 Å². The number of hydrazine groups is 1. The van der Waals surface area contributed by atoms with Crippen molar-refractivity contribution in [3.8, 4) is 0 Å². The molecule has 26 heavy (non-hydrogen) atoms. The Morgan fingerprint density at radius 1 is 1.23 bits per heavy atom. The number of hydrogen-bond acceptors (Lipinski definition) is 5. The summed E-state index contributed by atoms with van der Waals surface area (Å²) < 4.78 is 0. The highest BCUT2D eigenvalue weighted by Crippen LogP contribution is 2.32. The minimum absolute atomic E-state index is 0. The van der Waals surface area contributed by atoms with Crippen LogP contribution in [0.15, 0.2) is 24.3 Å². The van der Waals surface area contributed by atoms with Crippen LogP contribution in [0.3, 0.4) is 0 Å². The van der Waals surface area contributed by atoms with Crippen molar-refractivity contribution in [3.05, 3.63) is 34.9 Å². The lowest BCUT2D eigenvalue weighted by Gasteiger charge is -2.30. The molecule has 4 rings (SSSR count). The van der Waals surface area contributed by atoms with E-state index >= 15 is 0 Å². The number of likely N-dealkylation sites (tertiary alicyclic amines) is 1. The number of nitrogens with one attached hydrogen (secondary N) is 4. The molecule has 8 heteroatoms. The number of nitrogens with zero attached hydrogens (tertiary/aromatic N) is 1. The van der Waals surface area contributed by atoms with Gasteiger partial charge in [0.1, 0.15) is 6.04 Å². The summed E-state index contributed by atoms with van der Waals surface area (Å²) in [6.07, 6.45) is 2.02. The fraction of sp³-hybridized carbons (Fsp3) is 0.611. The molecule has 4 N–H and O–H groups in total. The van der Waals surface area contributed by atoms with Crippen molar-refractivity contribution in [2.45, 2.75) is 37.0 Å². The molecule has 0 aliphatic carbocycles. The molecule has 6 nitrogen and oxygen atoms in total. The number of benzene rings is 1. The first-order valence-electron chi connectivity index (χ1n) is 9.11. The molecule has 0 radical (unpaired) electrons. The van der Waals surface area contributed by atoms with Gasteiger partial charge in [-0.15, -0.1) is 12.4 Å². The second-order valence-electron chi connectivity index (χ2n) is 7.41. The molecular formula is C18H27Cl2N5O. The number of carbonyl (C=O) groups excluding carboxylic acids is 1. The Kier molecular flexibility index (Phi) is 6.43. The number of fused-ring (bicyclic) bond motifs is 1. The fourth-order valence-corrected chi connectivity index (χ4v) is 4.62. The van der Waals surface area contributed by atoms with E-state index < -0.39 is 0 Å². The Morgan fingerprint density at radius 3 is 2.77 bits per heavy atom. The van der Waals surface area contributed by atoms with Crippen molar-refractivity contribution in [2.75, 3.05) is 26.7 Å². The summed E-state index contributed by atoms with van der Waals surface area (Å²) in [5.41, 5.74) is 7.71. The van der Waals surface area contributed by atoms with Gasteiger partial charge in [-0.1, -0.05) is 23.7 Å². The van der Waals surface area contributed by atoms with E-state index in [1.165, 1.54) is 5.56 Å². The second kappa shape index (κ2) is 8.42. The van der Waals surface area contributed by atoms with Crippen LogP contribution in [0.5, 0.6) is 0 Å². The van der Waals surface area contributed by atoms with Gasteiger partial charge < -0.3 is 10.6 Å². The molecule has 3 saturated heterocycles. The van der Waals surface area contributed by atoms with Crippen molar-refractivity contribution >= 4 is 29.9 Å². The zero-order valence-corrected chi connectivity index (χ0v) is 16.4. The molecular weight excluding hydrogens is 373 g/mol. The number of hydrogen-bond donors (Lipinski definition) is 4. The lowest BCUT2D eigenvalue weighted by molar-refractivity contribution is -0.124. The first-order valence-corrected chi connectivity index (χ1v) is 9.49. The summed E-state index contributed by atoms with van der Waals surface area (Å²) >= 11 is 6.02. The van der Waals surface area contributed by atoms with Crippen LogP contribution in [-0.2, 0) is 4.79 Å². The number of carbonyl (C=O) groups is 1. The molecule has 1 aromatic carbocycles. The molecule has 3 fully saturated rings. The van der Waals surface area contributed by atoms with Crippen LogP contribution < -0.4 is 21.5 Å². The Balaban J connectivity index is 0.00000196. The number of amides is 1. The molecule has 0 saturated carbocycles. The minimum atomic E-state index is -0.172. The number of likely N-dealkylation sites (N-methyl/N-ethyl adjacent to an activating group) is 1. The molecule has 0 bridgehead atoms. The van der Waals surface area contributed by atoms with E-state index in [1.807, 2.05) is 12.1 Å². The molecule has 5 unspecified atom stereocenters. The maximum Gasteiger partial charge on any atom is 0.239 e. The van der Waals surface area contributed by atoms with Gasteiger partial charge in [-0.3, -0.25) is 15.1 Å². The topological polar surface area (TPSA) is 68.4 Å². The number of halogens is 2. The van der Waals surface area contributed by atoms with E-state index in [1.54, 1.807) is 0 Å². The largest absolute Gasteiger partial charge is 0.350 e. The van der Waals surface area contributed by atoms with Crippen molar-refractivity contribution in [1.29, 1.82) is 0 Å². The quantitative estimate of drug-likeness (QED) is 0.612. The Labute approximate surface area is 165 Å². The molecule has 144 valence electrons. The first kappa shape index (κ1) is 19.9. The van der Waals surface area contributed by atoms with Crippen molar-refractivity contribution in [2.24, 2.45) is 5.92 Å². The maximum absolute atomic E-state index is 12.9. The normalized spacial score (nSPS) is 34.2. The summed E-state index contributed by atoms with van der Waals surface area (Å²) in [6.45, 7) is 2.87. The monoisotopic (exact) mass is 399 g/mol. The molecule has 0 aromatic heterocycles. The van der Waals surface area contributed by atoms with Gasteiger partial charge in [0.2, 0.25) is 5.91 Å². The first-order chi connectivity index (χ1) is 12.1. The molecule has 3 aliphatic heterocycles. The zero-order chi connectivity index (χ0) is 17.4. The van der Waals surface area contributed by atoms with Crippen LogP contribution >= 0.6 is 24.0 Å². The number of piperidine rings is 1. The Bertz CT molecular complexity index is 629. The lowest BCUT2D eigenvalue weighted by Crippen LogP contribution is -2.52. The van der Waals surface area contributed by atoms with Crippen LogP contribution in [0, 0.1) is 5.92 Å². The molecule has 1 aromatic rings. The summed E-state index contributed by atoms with van der Waals surface area (Å²) in [4.78, 5) is 15.2. The van der Waals surface area contributed by atoms with E-state index in [0.29, 0.717) is 12.0 Å². The average Bonchev–Trinajstić information content (AvgIpc) is 3.20. The van der Waals surface area contributed by atoms with Gasteiger partial charge in [0, 0.05) is 36.1 Å². The number of rotatable bonds is 3.